The summed E-state index contributed by atoms with van der Waals surface area (Å²) in [5, 5.41) is 0. The van der Waals surface area contributed by atoms with Gasteiger partial charge >= 0.3 is 0 Å². The van der Waals surface area contributed by atoms with Crippen LogP contribution in [0.4, 0.5) is 0 Å². The number of aryl methyl sites for hydroxylation is 2. The second kappa shape index (κ2) is 7.90. The van der Waals surface area contributed by atoms with E-state index in [1.807, 2.05) is 31.7 Å². The molecule has 1 fully saturated rings. The van der Waals surface area contributed by atoms with Gasteiger partial charge in [0.25, 0.3) is 11.8 Å². The molecule has 0 radical (unpaired) electrons. The Morgan fingerprint density at radius 3 is 2.52 bits per heavy atom. The van der Waals surface area contributed by atoms with Gasteiger partial charge in [-0.2, -0.15) is 0 Å². The molecular formula is C16H25N3O3S. The number of carbonyl (C=O) groups is 2. The number of thiophene rings is 1. The number of carbonyl (C=O) groups excluding carboxylic acids is 2. The number of morpholine rings is 1. The highest BCUT2D eigenvalue weighted by Gasteiger charge is 2.23. The number of hydrazine groups is 1. The van der Waals surface area contributed by atoms with Crippen LogP contribution in [0.1, 0.15) is 40.9 Å². The number of nitrogens with zero attached hydrogens (tertiary/aromatic N) is 1. The molecule has 0 bridgehead atoms. The molecule has 2 rings (SSSR count). The SMILES string of the molecule is CCc1sc(C(=O)NNC(=O)CN2C[C@@H](C)O[C@@H](C)C2)cc1C. The molecule has 0 saturated carbocycles. The van der Waals surface area contributed by atoms with Crippen LogP contribution in [0.25, 0.3) is 0 Å². The lowest BCUT2D eigenvalue weighted by Crippen LogP contribution is -2.51. The lowest BCUT2D eigenvalue weighted by Gasteiger charge is -2.34. The summed E-state index contributed by atoms with van der Waals surface area (Å²) in [6.45, 7) is 9.73. The van der Waals surface area contributed by atoms with E-state index >= 15 is 0 Å². The highest BCUT2D eigenvalue weighted by atomic mass is 32.1. The summed E-state index contributed by atoms with van der Waals surface area (Å²) < 4.78 is 5.64. The maximum Gasteiger partial charge on any atom is 0.279 e. The third kappa shape index (κ3) is 5.02. The smallest absolute Gasteiger partial charge is 0.279 e. The second-order valence-electron chi connectivity index (χ2n) is 6.02. The van der Waals surface area contributed by atoms with Crippen LogP contribution in [-0.2, 0) is 16.0 Å². The zero-order valence-corrected chi connectivity index (χ0v) is 15.0. The minimum atomic E-state index is -0.269. The van der Waals surface area contributed by atoms with Crippen molar-refractivity contribution in [1.29, 1.82) is 0 Å². The fourth-order valence-electron chi connectivity index (χ4n) is 2.83. The van der Waals surface area contributed by atoms with Crippen LogP contribution in [0.5, 0.6) is 0 Å². The molecule has 1 aromatic rings. The molecule has 2 heterocycles. The zero-order valence-electron chi connectivity index (χ0n) is 14.1. The minimum Gasteiger partial charge on any atom is -0.373 e. The van der Waals surface area contributed by atoms with E-state index in [4.69, 9.17) is 4.74 Å². The molecule has 23 heavy (non-hydrogen) atoms. The minimum absolute atomic E-state index is 0.114. The molecule has 0 unspecified atom stereocenters. The van der Waals surface area contributed by atoms with Crippen molar-refractivity contribution < 1.29 is 14.3 Å². The first-order valence-corrected chi connectivity index (χ1v) is 8.77. The van der Waals surface area contributed by atoms with E-state index in [0.29, 0.717) is 4.88 Å². The van der Waals surface area contributed by atoms with Crippen molar-refractivity contribution in [1.82, 2.24) is 15.8 Å². The Morgan fingerprint density at radius 1 is 1.30 bits per heavy atom. The lowest BCUT2D eigenvalue weighted by atomic mass is 10.2. The molecule has 0 spiro atoms. The highest BCUT2D eigenvalue weighted by molar-refractivity contribution is 7.14. The van der Waals surface area contributed by atoms with Crippen molar-refractivity contribution >= 4 is 23.2 Å². The third-order valence-corrected chi connectivity index (χ3v) is 5.12. The van der Waals surface area contributed by atoms with Crippen LogP contribution in [-0.4, -0.2) is 48.6 Å². The Bertz CT molecular complexity index is 563. The van der Waals surface area contributed by atoms with E-state index in [-0.39, 0.29) is 30.6 Å². The largest absolute Gasteiger partial charge is 0.373 e. The van der Waals surface area contributed by atoms with Gasteiger partial charge in [-0.05, 0) is 38.8 Å². The summed E-state index contributed by atoms with van der Waals surface area (Å²) in [4.78, 5) is 27.9. The van der Waals surface area contributed by atoms with Crippen LogP contribution in [0.15, 0.2) is 6.07 Å². The Morgan fingerprint density at radius 2 is 1.96 bits per heavy atom. The number of hydrogen-bond acceptors (Lipinski definition) is 5. The quantitative estimate of drug-likeness (QED) is 0.816. The average Bonchev–Trinajstić information content (AvgIpc) is 2.85. The van der Waals surface area contributed by atoms with Gasteiger partial charge in [0.15, 0.2) is 0 Å². The molecule has 1 aliphatic rings. The van der Waals surface area contributed by atoms with E-state index in [0.717, 1.165) is 25.1 Å². The van der Waals surface area contributed by atoms with Gasteiger partial charge in [0.2, 0.25) is 0 Å². The normalized spacial score (nSPS) is 21.9. The molecule has 6 nitrogen and oxygen atoms in total. The van der Waals surface area contributed by atoms with E-state index in [9.17, 15) is 9.59 Å². The van der Waals surface area contributed by atoms with Gasteiger partial charge in [0, 0.05) is 18.0 Å². The Labute approximate surface area is 141 Å². The number of nitrogens with one attached hydrogen (secondary N) is 2. The fourth-order valence-corrected chi connectivity index (χ4v) is 3.84. The highest BCUT2D eigenvalue weighted by Crippen LogP contribution is 2.21. The molecule has 2 amide bonds. The molecular weight excluding hydrogens is 314 g/mol. The maximum atomic E-state index is 12.1. The molecule has 2 N–H and O–H groups in total. The van der Waals surface area contributed by atoms with Gasteiger partial charge in [-0.1, -0.05) is 6.92 Å². The van der Waals surface area contributed by atoms with Gasteiger partial charge in [0.1, 0.15) is 0 Å². The zero-order chi connectivity index (χ0) is 17.0. The van der Waals surface area contributed by atoms with Crippen molar-refractivity contribution in [2.24, 2.45) is 0 Å². The van der Waals surface area contributed by atoms with E-state index in [1.54, 1.807) is 0 Å². The summed E-state index contributed by atoms with van der Waals surface area (Å²) in [6.07, 6.45) is 1.13. The third-order valence-electron chi connectivity index (χ3n) is 3.74. The first-order chi connectivity index (χ1) is 10.9. The van der Waals surface area contributed by atoms with Crippen LogP contribution >= 0.6 is 11.3 Å². The van der Waals surface area contributed by atoms with Gasteiger partial charge < -0.3 is 4.74 Å². The maximum absolute atomic E-state index is 12.1. The predicted octanol–water partition coefficient (Wildman–Crippen LogP) is 1.49. The first-order valence-electron chi connectivity index (χ1n) is 7.95. The molecule has 7 heteroatoms. The monoisotopic (exact) mass is 339 g/mol. The average molecular weight is 339 g/mol. The molecule has 128 valence electrons. The van der Waals surface area contributed by atoms with Gasteiger partial charge in [-0.15, -0.1) is 11.3 Å². The number of amides is 2. The summed E-state index contributed by atoms with van der Waals surface area (Å²) >= 11 is 1.47. The summed E-state index contributed by atoms with van der Waals surface area (Å²) in [5.41, 5.74) is 6.10. The van der Waals surface area contributed by atoms with Crippen molar-refractivity contribution in [3.63, 3.8) is 0 Å². The first kappa shape index (κ1) is 17.9. The summed E-state index contributed by atoms with van der Waals surface area (Å²) in [6, 6.07) is 1.86. The predicted molar refractivity (Wildman–Crippen MR) is 90.5 cm³/mol. The Balaban J connectivity index is 1.80. The van der Waals surface area contributed by atoms with Gasteiger partial charge in [-0.3, -0.25) is 25.3 Å². The lowest BCUT2D eigenvalue weighted by molar-refractivity contribution is -0.126. The molecule has 0 aliphatic carbocycles. The van der Waals surface area contributed by atoms with Gasteiger partial charge in [0.05, 0.1) is 23.6 Å². The Kier molecular flexibility index (Phi) is 6.15. The summed E-state index contributed by atoms with van der Waals surface area (Å²) in [5.74, 6) is -0.487. The van der Waals surface area contributed by atoms with Crippen LogP contribution in [0.2, 0.25) is 0 Å². The molecule has 1 aliphatic heterocycles. The number of hydrogen-bond donors (Lipinski definition) is 2. The molecule has 1 aromatic heterocycles. The van der Waals surface area contributed by atoms with Crippen molar-refractivity contribution in [2.45, 2.75) is 46.3 Å². The van der Waals surface area contributed by atoms with Crippen molar-refractivity contribution in [3.8, 4) is 0 Å². The van der Waals surface area contributed by atoms with E-state index < -0.39 is 0 Å². The van der Waals surface area contributed by atoms with E-state index in [2.05, 4.69) is 17.8 Å². The van der Waals surface area contributed by atoms with Gasteiger partial charge in [-0.25, -0.2) is 0 Å². The standard InChI is InChI=1S/C16H25N3O3S/c1-5-13-10(2)6-14(23-13)16(21)18-17-15(20)9-19-7-11(3)22-12(4)8-19/h6,11-12H,5,7-9H2,1-4H3,(H,17,20)(H,18,21)/t11-,12+. The topological polar surface area (TPSA) is 70.7 Å². The molecule has 1 saturated heterocycles. The van der Waals surface area contributed by atoms with Crippen LogP contribution < -0.4 is 10.9 Å². The number of ether oxygens (including phenoxy) is 1. The number of rotatable bonds is 4. The fraction of sp³-hybridized carbons (Fsp3) is 0.625. The summed E-state index contributed by atoms with van der Waals surface area (Å²) in [7, 11) is 0. The van der Waals surface area contributed by atoms with Crippen LogP contribution in [0.3, 0.4) is 0 Å². The van der Waals surface area contributed by atoms with Crippen LogP contribution in [0, 0.1) is 6.92 Å². The second-order valence-corrected chi connectivity index (χ2v) is 7.16. The molecule has 0 aromatic carbocycles. The van der Waals surface area contributed by atoms with Crippen molar-refractivity contribution in [3.05, 3.63) is 21.4 Å². The van der Waals surface area contributed by atoms with Crippen molar-refractivity contribution in [2.75, 3.05) is 19.6 Å². The van der Waals surface area contributed by atoms with E-state index in [1.165, 1.54) is 16.2 Å². The Hall–Kier alpha value is -1.44. The molecule has 2 atom stereocenters.